The summed E-state index contributed by atoms with van der Waals surface area (Å²) < 4.78 is 5.40. The molecule has 3 aromatic rings. The molecule has 0 saturated carbocycles. The van der Waals surface area contributed by atoms with Crippen molar-refractivity contribution in [2.24, 2.45) is 0 Å². The number of Topliss-reactive ketones (excluding diaryl/α,β-unsaturated/α-hetero) is 1. The molecule has 1 saturated heterocycles. The number of anilines is 1. The van der Waals surface area contributed by atoms with Gasteiger partial charge in [0.1, 0.15) is 11.5 Å². The lowest BCUT2D eigenvalue weighted by Crippen LogP contribution is -2.29. The number of ketones is 1. The zero-order valence-electron chi connectivity index (χ0n) is 16.8. The molecule has 1 N–H and O–H groups in total. The number of nitrogens with zero attached hydrogens (tertiary/aromatic N) is 2. The maximum atomic E-state index is 13.0. The molecule has 1 aliphatic heterocycles. The zero-order chi connectivity index (χ0) is 21.3. The molecule has 152 valence electrons. The lowest BCUT2D eigenvalue weighted by atomic mass is 9.95. The summed E-state index contributed by atoms with van der Waals surface area (Å²) in [5.41, 5.74) is 2.30. The SMILES string of the molecule is CN(C)c1ccc([C@@H]2C(=C(O)c3ccccc3)C(=O)C(=O)N2Cc2ccco2)cc1. The third-order valence-corrected chi connectivity index (χ3v) is 5.22. The summed E-state index contributed by atoms with van der Waals surface area (Å²) in [5.74, 6) is -0.987. The van der Waals surface area contributed by atoms with Crippen LogP contribution in [0.3, 0.4) is 0 Å². The van der Waals surface area contributed by atoms with Crippen molar-refractivity contribution >= 4 is 23.1 Å². The van der Waals surface area contributed by atoms with Crippen molar-refractivity contribution in [1.82, 2.24) is 4.90 Å². The number of carbonyl (C=O) groups is 2. The van der Waals surface area contributed by atoms with E-state index in [2.05, 4.69) is 0 Å². The van der Waals surface area contributed by atoms with Crippen LogP contribution in [0.25, 0.3) is 5.76 Å². The normalized spacial score (nSPS) is 18.1. The van der Waals surface area contributed by atoms with Crippen molar-refractivity contribution in [1.29, 1.82) is 0 Å². The van der Waals surface area contributed by atoms with Gasteiger partial charge in [0.25, 0.3) is 11.7 Å². The van der Waals surface area contributed by atoms with E-state index >= 15 is 0 Å². The maximum Gasteiger partial charge on any atom is 0.296 e. The van der Waals surface area contributed by atoms with Gasteiger partial charge >= 0.3 is 0 Å². The Labute approximate surface area is 174 Å². The molecule has 1 fully saturated rings. The van der Waals surface area contributed by atoms with E-state index in [1.807, 2.05) is 49.3 Å². The first-order valence-electron chi connectivity index (χ1n) is 9.61. The van der Waals surface area contributed by atoms with E-state index in [1.165, 1.54) is 11.2 Å². The van der Waals surface area contributed by atoms with E-state index in [1.54, 1.807) is 36.4 Å². The van der Waals surface area contributed by atoms with Crippen molar-refractivity contribution in [3.05, 3.63) is 95.5 Å². The number of carbonyl (C=O) groups excluding carboxylic acids is 2. The molecule has 6 heteroatoms. The van der Waals surface area contributed by atoms with Crippen LogP contribution in [0.15, 0.2) is 83.0 Å². The van der Waals surface area contributed by atoms with Gasteiger partial charge in [-0.2, -0.15) is 0 Å². The Morgan fingerprint density at radius 1 is 1.00 bits per heavy atom. The van der Waals surface area contributed by atoms with Crippen LogP contribution in [-0.4, -0.2) is 35.8 Å². The predicted molar refractivity (Wildman–Crippen MR) is 114 cm³/mol. The average Bonchev–Trinajstić information content (AvgIpc) is 3.36. The first-order chi connectivity index (χ1) is 14.5. The fourth-order valence-electron chi connectivity index (χ4n) is 3.67. The van der Waals surface area contributed by atoms with Crippen LogP contribution in [0.4, 0.5) is 5.69 Å². The van der Waals surface area contributed by atoms with Crippen LogP contribution >= 0.6 is 0 Å². The van der Waals surface area contributed by atoms with Crippen LogP contribution in [-0.2, 0) is 16.1 Å². The number of rotatable bonds is 5. The molecule has 2 aromatic carbocycles. The fourth-order valence-corrected chi connectivity index (χ4v) is 3.67. The summed E-state index contributed by atoms with van der Waals surface area (Å²) in [5, 5.41) is 11.0. The van der Waals surface area contributed by atoms with Crippen LogP contribution < -0.4 is 4.90 Å². The van der Waals surface area contributed by atoms with Gasteiger partial charge in [0.05, 0.1) is 24.4 Å². The van der Waals surface area contributed by atoms with Gasteiger partial charge in [0.2, 0.25) is 0 Å². The highest BCUT2D eigenvalue weighted by atomic mass is 16.3. The molecule has 6 nitrogen and oxygen atoms in total. The second kappa shape index (κ2) is 7.91. The van der Waals surface area contributed by atoms with Crippen LogP contribution in [0.5, 0.6) is 0 Å². The summed E-state index contributed by atoms with van der Waals surface area (Å²) in [6.45, 7) is 0.128. The van der Waals surface area contributed by atoms with E-state index in [-0.39, 0.29) is 17.9 Å². The number of furan rings is 1. The number of benzene rings is 2. The first-order valence-corrected chi connectivity index (χ1v) is 9.61. The number of likely N-dealkylation sites (tertiary alicyclic amines) is 1. The van der Waals surface area contributed by atoms with Gasteiger partial charge in [-0.25, -0.2) is 0 Å². The molecule has 0 aliphatic carbocycles. The monoisotopic (exact) mass is 402 g/mol. The lowest BCUT2D eigenvalue weighted by Gasteiger charge is -2.25. The minimum absolute atomic E-state index is 0.0790. The molecule has 1 atom stereocenters. The van der Waals surface area contributed by atoms with Crippen molar-refractivity contribution in [3.8, 4) is 0 Å². The summed E-state index contributed by atoms with van der Waals surface area (Å²) in [4.78, 5) is 29.3. The number of hydrogen-bond donors (Lipinski definition) is 1. The van der Waals surface area contributed by atoms with Gasteiger partial charge < -0.3 is 19.3 Å². The molecular weight excluding hydrogens is 380 g/mol. The van der Waals surface area contributed by atoms with Crippen molar-refractivity contribution < 1.29 is 19.1 Å². The Morgan fingerprint density at radius 3 is 2.30 bits per heavy atom. The molecule has 0 bridgehead atoms. The van der Waals surface area contributed by atoms with Crippen LogP contribution in [0.2, 0.25) is 0 Å². The van der Waals surface area contributed by atoms with Crippen molar-refractivity contribution in [3.63, 3.8) is 0 Å². The Morgan fingerprint density at radius 2 is 1.70 bits per heavy atom. The Kier molecular flexibility index (Phi) is 5.14. The number of amides is 1. The molecule has 4 rings (SSSR count). The van der Waals surface area contributed by atoms with E-state index in [0.717, 1.165) is 11.3 Å². The van der Waals surface area contributed by atoms with E-state index in [9.17, 15) is 14.7 Å². The highest BCUT2D eigenvalue weighted by molar-refractivity contribution is 6.46. The smallest absolute Gasteiger partial charge is 0.296 e. The van der Waals surface area contributed by atoms with Gasteiger partial charge in [-0.05, 0) is 29.8 Å². The highest BCUT2D eigenvalue weighted by Crippen LogP contribution is 2.40. The number of aliphatic hydroxyl groups is 1. The Bertz CT molecular complexity index is 1080. The third kappa shape index (κ3) is 3.48. The second-order valence-electron chi connectivity index (χ2n) is 7.36. The number of aliphatic hydroxyl groups excluding tert-OH is 1. The maximum absolute atomic E-state index is 13.0. The molecule has 1 aromatic heterocycles. The summed E-state index contributed by atoms with van der Waals surface area (Å²) >= 11 is 0. The Balaban J connectivity index is 1.85. The molecule has 1 amide bonds. The third-order valence-electron chi connectivity index (χ3n) is 5.22. The van der Waals surface area contributed by atoms with Crippen molar-refractivity contribution in [2.45, 2.75) is 12.6 Å². The summed E-state index contributed by atoms with van der Waals surface area (Å²) in [6, 6.07) is 19.1. The quantitative estimate of drug-likeness (QED) is 0.397. The first kappa shape index (κ1) is 19.5. The summed E-state index contributed by atoms with van der Waals surface area (Å²) in [7, 11) is 3.88. The minimum atomic E-state index is -0.716. The standard InChI is InChI=1S/C24H22N2O4/c1-25(2)18-12-10-16(11-13-18)21-20(22(27)17-7-4-3-5-8-17)23(28)24(29)26(21)15-19-9-6-14-30-19/h3-14,21,27H,15H2,1-2H3/t21-/m1/s1. The predicted octanol–water partition coefficient (Wildman–Crippen LogP) is 3.97. The van der Waals surface area contributed by atoms with E-state index in [4.69, 9.17) is 4.42 Å². The topological polar surface area (TPSA) is 74.0 Å². The average molecular weight is 402 g/mol. The molecule has 0 radical (unpaired) electrons. The van der Waals surface area contributed by atoms with Gasteiger partial charge in [0, 0.05) is 25.3 Å². The van der Waals surface area contributed by atoms with Crippen LogP contribution in [0.1, 0.15) is 22.9 Å². The van der Waals surface area contributed by atoms with Gasteiger partial charge in [-0.1, -0.05) is 42.5 Å². The van der Waals surface area contributed by atoms with E-state index < -0.39 is 17.7 Å². The van der Waals surface area contributed by atoms with Crippen molar-refractivity contribution in [2.75, 3.05) is 19.0 Å². The van der Waals surface area contributed by atoms with Gasteiger partial charge in [-0.3, -0.25) is 9.59 Å². The van der Waals surface area contributed by atoms with Gasteiger partial charge in [0.15, 0.2) is 0 Å². The largest absolute Gasteiger partial charge is 0.507 e. The lowest BCUT2D eigenvalue weighted by molar-refractivity contribution is -0.140. The molecule has 0 unspecified atom stereocenters. The second-order valence-corrected chi connectivity index (χ2v) is 7.36. The molecule has 1 aliphatic rings. The fraction of sp³-hybridized carbons (Fsp3) is 0.167. The highest BCUT2D eigenvalue weighted by Gasteiger charge is 2.46. The van der Waals surface area contributed by atoms with E-state index in [0.29, 0.717) is 11.3 Å². The minimum Gasteiger partial charge on any atom is -0.507 e. The zero-order valence-corrected chi connectivity index (χ0v) is 16.8. The molecular formula is C24H22N2O4. The number of hydrogen-bond acceptors (Lipinski definition) is 5. The molecule has 2 heterocycles. The van der Waals surface area contributed by atoms with Gasteiger partial charge in [-0.15, -0.1) is 0 Å². The Hall–Kier alpha value is -3.80. The molecule has 0 spiro atoms. The summed E-state index contributed by atoms with van der Waals surface area (Å²) in [6.07, 6.45) is 1.52. The van der Waals surface area contributed by atoms with Crippen LogP contribution in [0, 0.1) is 0 Å². The molecule has 30 heavy (non-hydrogen) atoms.